The molecule has 3 saturated heterocycles. The van der Waals surface area contributed by atoms with Crippen molar-refractivity contribution in [1.29, 1.82) is 0 Å². The van der Waals surface area contributed by atoms with Gasteiger partial charge in [-0.15, -0.1) is 11.8 Å². The predicted molar refractivity (Wildman–Crippen MR) is 147 cm³/mol. The normalized spacial score (nSPS) is 30.2. The Bertz CT molecular complexity index is 1190. The van der Waals surface area contributed by atoms with E-state index in [-0.39, 0.29) is 35.5 Å². The molecule has 2 aromatic carbocycles. The Labute approximate surface area is 227 Å². The number of fused-ring (bicyclic) bond motifs is 1. The van der Waals surface area contributed by atoms with Gasteiger partial charge in [-0.1, -0.05) is 37.3 Å². The lowest BCUT2D eigenvalue weighted by Gasteiger charge is -2.39. The lowest BCUT2D eigenvalue weighted by Crippen LogP contribution is -2.58. The van der Waals surface area contributed by atoms with E-state index in [0.29, 0.717) is 18.8 Å². The van der Waals surface area contributed by atoms with E-state index in [0.717, 1.165) is 17.7 Å². The number of anilines is 1. The summed E-state index contributed by atoms with van der Waals surface area (Å²) in [4.78, 5) is 43.0. The Morgan fingerprint density at radius 2 is 1.87 bits per heavy atom. The number of carbonyl (C=O) groups excluding carboxylic acids is 3. The van der Waals surface area contributed by atoms with Crippen LogP contribution in [0.15, 0.2) is 54.6 Å². The van der Waals surface area contributed by atoms with Gasteiger partial charge < -0.3 is 25.4 Å². The van der Waals surface area contributed by atoms with Crippen LogP contribution in [-0.2, 0) is 20.9 Å². The number of benzene rings is 2. The Balaban J connectivity index is 1.43. The van der Waals surface area contributed by atoms with Crippen molar-refractivity contribution in [3.05, 3.63) is 60.2 Å². The molecule has 3 N–H and O–H groups in total. The van der Waals surface area contributed by atoms with Gasteiger partial charge in [0.1, 0.15) is 11.8 Å². The summed E-state index contributed by atoms with van der Waals surface area (Å²) < 4.78 is 4.76. The molecule has 3 amide bonds. The third-order valence-corrected chi connectivity index (χ3v) is 10.3. The van der Waals surface area contributed by atoms with Crippen LogP contribution in [0.2, 0.25) is 0 Å². The summed E-state index contributed by atoms with van der Waals surface area (Å²) in [5, 5.41) is 16.0. The zero-order valence-electron chi connectivity index (χ0n) is 21.9. The van der Waals surface area contributed by atoms with Crippen LogP contribution < -0.4 is 15.4 Å². The molecule has 2 bridgehead atoms. The van der Waals surface area contributed by atoms with Crippen molar-refractivity contribution in [3.8, 4) is 5.75 Å². The number of thioether (sulfide) groups is 1. The largest absolute Gasteiger partial charge is 0.494 e. The quantitative estimate of drug-likeness (QED) is 0.454. The summed E-state index contributed by atoms with van der Waals surface area (Å²) in [5.74, 6) is -1.08. The van der Waals surface area contributed by atoms with E-state index in [1.54, 1.807) is 47.9 Å². The first-order valence-corrected chi connectivity index (χ1v) is 14.2. The van der Waals surface area contributed by atoms with Gasteiger partial charge in [-0.25, -0.2) is 0 Å². The van der Waals surface area contributed by atoms with Crippen molar-refractivity contribution in [1.82, 2.24) is 10.2 Å². The number of hydrogen-bond acceptors (Lipinski definition) is 6. The lowest BCUT2D eigenvalue weighted by molar-refractivity contribution is -0.141. The molecule has 38 heavy (non-hydrogen) atoms. The zero-order chi connectivity index (χ0) is 27.0. The van der Waals surface area contributed by atoms with E-state index in [9.17, 15) is 19.5 Å². The van der Waals surface area contributed by atoms with Gasteiger partial charge in [0.15, 0.2) is 0 Å². The molecular weight excluding hydrogens is 502 g/mol. The minimum atomic E-state index is -0.765. The minimum Gasteiger partial charge on any atom is -0.494 e. The number of likely N-dealkylation sites (tertiary alicyclic amines) is 1. The molecule has 3 aliphatic rings. The number of amides is 3. The molecule has 0 aliphatic carbocycles. The fraction of sp³-hybridized carbons (Fsp3) is 0.483. The summed E-state index contributed by atoms with van der Waals surface area (Å²) in [6.07, 6.45) is 0.750. The first-order chi connectivity index (χ1) is 18.3. The summed E-state index contributed by atoms with van der Waals surface area (Å²) in [6.45, 7) is 6.38. The molecule has 0 aromatic heterocycles. The molecular formula is C29H35N3O5S. The maximum atomic E-state index is 14.0. The molecule has 0 saturated carbocycles. The smallest absolute Gasteiger partial charge is 0.244 e. The van der Waals surface area contributed by atoms with Crippen molar-refractivity contribution < 1.29 is 24.2 Å². The number of nitrogens with zero attached hydrogens (tertiary/aromatic N) is 1. The van der Waals surface area contributed by atoms with Gasteiger partial charge in [-0.3, -0.25) is 14.4 Å². The molecule has 8 nitrogen and oxygen atoms in total. The molecule has 5 rings (SSSR count). The number of aliphatic hydroxyl groups is 1. The van der Waals surface area contributed by atoms with Gasteiger partial charge >= 0.3 is 0 Å². The van der Waals surface area contributed by atoms with Crippen LogP contribution in [0.4, 0.5) is 5.69 Å². The highest BCUT2D eigenvalue weighted by Gasteiger charge is 2.76. The molecule has 0 radical (unpaired) electrons. The highest BCUT2D eigenvalue weighted by Crippen LogP contribution is 2.68. The second-order valence-corrected chi connectivity index (χ2v) is 12.0. The average molecular weight is 538 g/mol. The second kappa shape index (κ2) is 10.6. The Morgan fingerprint density at radius 3 is 2.53 bits per heavy atom. The van der Waals surface area contributed by atoms with Gasteiger partial charge in [-0.05, 0) is 56.0 Å². The fourth-order valence-corrected chi connectivity index (χ4v) is 8.94. The fourth-order valence-electron chi connectivity index (χ4n) is 6.53. The van der Waals surface area contributed by atoms with Crippen molar-refractivity contribution in [3.63, 3.8) is 0 Å². The Morgan fingerprint density at radius 1 is 1.16 bits per heavy atom. The topological polar surface area (TPSA) is 108 Å². The molecule has 3 fully saturated rings. The predicted octanol–water partition coefficient (Wildman–Crippen LogP) is 3.06. The van der Waals surface area contributed by atoms with Crippen LogP contribution in [0.25, 0.3) is 0 Å². The third kappa shape index (κ3) is 4.35. The number of nitrogens with one attached hydrogen (secondary N) is 2. The molecule has 3 heterocycles. The van der Waals surface area contributed by atoms with Crippen molar-refractivity contribution in [2.45, 2.75) is 55.8 Å². The average Bonchev–Trinajstić information content (AvgIpc) is 3.52. The molecule has 1 spiro atoms. The summed E-state index contributed by atoms with van der Waals surface area (Å²) in [6, 6.07) is 15.5. The van der Waals surface area contributed by atoms with Gasteiger partial charge in [0.05, 0.1) is 35.8 Å². The maximum Gasteiger partial charge on any atom is 0.244 e. The van der Waals surface area contributed by atoms with Gasteiger partial charge in [0, 0.05) is 17.5 Å². The Hall–Kier alpha value is -3.04. The number of ether oxygens (including phenoxy) is 1. The number of hydrogen-bond donors (Lipinski definition) is 3. The molecule has 202 valence electrons. The lowest BCUT2D eigenvalue weighted by atomic mass is 9.66. The second-order valence-electron chi connectivity index (χ2n) is 10.5. The van der Waals surface area contributed by atoms with Gasteiger partial charge in [0.2, 0.25) is 17.7 Å². The monoisotopic (exact) mass is 537 g/mol. The van der Waals surface area contributed by atoms with E-state index in [1.807, 2.05) is 37.3 Å². The van der Waals surface area contributed by atoms with Crippen LogP contribution >= 0.6 is 11.8 Å². The van der Waals surface area contributed by atoms with Crippen molar-refractivity contribution in [2.75, 3.05) is 18.5 Å². The highest BCUT2D eigenvalue weighted by atomic mass is 32.2. The molecule has 3 unspecified atom stereocenters. The van der Waals surface area contributed by atoms with Crippen molar-refractivity contribution in [2.24, 2.45) is 17.8 Å². The number of rotatable bonds is 9. The molecule has 2 aromatic rings. The number of carbonyl (C=O) groups is 3. The van der Waals surface area contributed by atoms with E-state index >= 15 is 0 Å². The summed E-state index contributed by atoms with van der Waals surface area (Å²) in [5.41, 5.74) is 1.60. The van der Waals surface area contributed by atoms with Crippen LogP contribution in [0.5, 0.6) is 5.75 Å². The van der Waals surface area contributed by atoms with Gasteiger partial charge in [-0.2, -0.15) is 0 Å². The first-order valence-electron chi connectivity index (χ1n) is 13.3. The highest BCUT2D eigenvalue weighted by molar-refractivity contribution is 8.02. The summed E-state index contributed by atoms with van der Waals surface area (Å²) in [7, 11) is 0. The summed E-state index contributed by atoms with van der Waals surface area (Å²) >= 11 is 1.62. The first kappa shape index (κ1) is 26.6. The van der Waals surface area contributed by atoms with E-state index in [2.05, 4.69) is 17.6 Å². The number of aliphatic hydroxyl groups excluding tert-OH is 1. The molecule has 7 atom stereocenters. The minimum absolute atomic E-state index is 0.0577. The van der Waals surface area contributed by atoms with E-state index < -0.39 is 28.7 Å². The molecule has 9 heteroatoms. The van der Waals surface area contributed by atoms with Gasteiger partial charge in [0.25, 0.3) is 0 Å². The SMILES string of the molecule is CCOc1ccc(NC(=O)[C@@H]2[C@@H]3CC(C)C4(S3)C(C(=O)NCc3ccccc3)N([C@H](C)CO)C(=O)[C@H]24)cc1. The standard InChI is InChI=1S/C29H35N3O5S/c1-4-37-21-12-10-20(11-13-21)31-26(34)23-22-14-17(2)29(38-22)24(23)28(36)32(18(3)16-33)25(29)27(35)30-15-19-8-6-5-7-9-19/h5-13,17-18,22-25,33H,4,14-16H2,1-3H3,(H,30,35)(H,31,34)/t17?,18-,22+,23-,24+,25?,29?/m1/s1. The Kier molecular flexibility index (Phi) is 7.42. The zero-order valence-corrected chi connectivity index (χ0v) is 22.7. The van der Waals surface area contributed by atoms with Crippen LogP contribution in [0, 0.1) is 17.8 Å². The van der Waals surface area contributed by atoms with Crippen molar-refractivity contribution >= 4 is 35.2 Å². The maximum absolute atomic E-state index is 14.0. The molecule has 3 aliphatic heterocycles. The van der Waals surface area contributed by atoms with E-state index in [1.165, 1.54) is 0 Å². The third-order valence-electron chi connectivity index (χ3n) is 8.22. The van der Waals surface area contributed by atoms with Crippen LogP contribution in [0.3, 0.4) is 0 Å². The van der Waals surface area contributed by atoms with Crippen LogP contribution in [-0.4, -0.2) is 63.0 Å². The van der Waals surface area contributed by atoms with Crippen LogP contribution in [0.1, 0.15) is 32.8 Å². The van der Waals surface area contributed by atoms with E-state index in [4.69, 9.17) is 4.74 Å².